The van der Waals surface area contributed by atoms with Gasteiger partial charge in [-0.05, 0) is 49.6 Å². The van der Waals surface area contributed by atoms with Crippen molar-refractivity contribution in [3.63, 3.8) is 0 Å². The fourth-order valence-electron chi connectivity index (χ4n) is 3.04. The van der Waals surface area contributed by atoms with E-state index in [1.807, 2.05) is 43.4 Å². The van der Waals surface area contributed by atoms with Crippen LogP contribution in [0.3, 0.4) is 0 Å². The molecule has 5 rings (SSSR count). The van der Waals surface area contributed by atoms with E-state index in [-0.39, 0.29) is 6.79 Å². The maximum atomic E-state index is 5.69. The van der Waals surface area contributed by atoms with Gasteiger partial charge < -0.3 is 13.9 Å². The number of benzene rings is 2. The third kappa shape index (κ3) is 3.28. The lowest BCUT2D eigenvalue weighted by Crippen LogP contribution is -2.22. The molecule has 0 aliphatic carbocycles. The van der Waals surface area contributed by atoms with Crippen LogP contribution >= 0.6 is 23.6 Å². The summed E-state index contributed by atoms with van der Waals surface area (Å²) in [5, 5.41) is 5.57. The van der Waals surface area contributed by atoms with Gasteiger partial charge in [-0.3, -0.25) is 4.90 Å². The van der Waals surface area contributed by atoms with E-state index in [1.165, 1.54) is 4.70 Å². The van der Waals surface area contributed by atoms with Crippen LogP contribution in [-0.4, -0.2) is 33.5 Å². The molecule has 2 aromatic heterocycles. The van der Waals surface area contributed by atoms with Gasteiger partial charge in [0.05, 0.1) is 23.4 Å². The minimum atomic E-state index is 0.229. The molecule has 4 aromatic rings. The number of hydrogen-bond donors (Lipinski definition) is 0. The minimum Gasteiger partial charge on any atom is -0.454 e. The summed E-state index contributed by atoms with van der Waals surface area (Å²) in [6.07, 6.45) is 0. The Morgan fingerprint density at radius 3 is 2.93 bits per heavy atom. The van der Waals surface area contributed by atoms with Crippen molar-refractivity contribution in [3.05, 3.63) is 52.3 Å². The normalized spacial score (nSPS) is 12.9. The van der Waals surface area contributed by atoms with Crippen molar-refractivity contribution in [2.75, 3.05) is 13.8 Å². The molecule has 0 atom stereocenters. The number of thiazole rings is 1. The fourth-order valence-corrected chi connectivity index (χ4v) is 4.26. The molecule has 0 spiro atoms. The molecular formula is C19H16N4O3S2. The van der Waals surface area contributed by atoms with E-state index in [0.717, 1.165) is 21.8 Å². The first-order chi connectivity index (χ1) is 13.7. The standard InChI is InChI=1S/C19H16N4O3S2/c1-22(9-17-20-13-4-2-3-5-16(13)28-17)10-23-19(27)26-18(21-23)12-6-7-14-15(8-12)25-11-24-14/h2-8H,9-11H2,1H3. The van der Waals surface area contributed by atoms with Crippen LogP contribution in [0.5, 0.6) is 11.5 Å². The van der Waals surface area contributed by atoms with Gasteiger partial charge in [0.25, 0.3) is 4.84 Å². The van der Waals surface area contributed by atoms with E-state index in [1.54, 1.807) is 16.0 Å². The van der Waals surface area contributed by atoms with Crippen LogP contribution in [-0.2, 0) is 13.2 Å². The Hall–Kier alpha value is -2.75. The van der Waals surface area contributed by atoms with Crippen LogP contribution in [0.1, 0.15) is 5.01 Å². The zero-order valence-electron chi connectivity index (χ0n) is 15.0. The second kappa shape index (κ2) is 7.01. The van der Waals surface area contributed by atoms with E-state index in [4.69, 9.17) is 26.1 Å². The van der Waals surface area contributed by atoms with Crippen molar-refractivity contribution in [1.82, 2.24) is 19.7 Å². The van der Waals surface area contributed by atoms with Crippen molar-refractivity contribution < 1.29 is 13.9 Å². The van der Waals surface area contributed by atoms with Gasteiger partial charge >= 0.3 is 0 Å². The Morgan fingerprint density at radius 2 is 2.04 bits per heavy atom. The molecule has 7 nitrogen and oxygen atoms in total. The number of ether oxygens (including phenoxy) is 2. The average molecular weight is 412 g/mol. The van der Waals surface area contributed by atoms with Gasteiger partial charge in [-0.25, -0.2) is 9.67 Å². The third-order valence-corrected chi connectivity index (χ3v) is 5.66. The van der Waals surface area contributed by atoms with E-state index in [0.29, 0.717) is 29.7 Å². The maximum Gasteiger partial charge on any atom is 0.288 e. The van der Waals surface area contributed by atoms with Crippen molar-refractivity contribution >= 4 is 33.8 Å². The smallest absolute Gasteiger partial charge is 0.288 e. The number of rotatable bonds is 5. The lowest BCUT2D eigenvalue weighted by Gasteiger charge is -2.13. The highest BCUT2D eigenvalue weighted by atomic mass is 32.1. The molecule has 3 heterocycles. The Bertz CT molecular complexity index is 1180. The zero-order chi connectivity index (χ0) is 19.1. The molecular weight excluding hydrogens is 396 g/mol. The fraction of sp³-hybridized carbons (Fsp3) is 0.211. The lowest BCUT2D eigenvalue weighted by atomic mass is 10.2. The molecule has 0 radical (unpaired) electrons. The summed E-state index contributed by atoms with van der Waals surface area (Å²) in [7, 11) is 2.00. The highest BCUT2D eigenvalue weighted by Crippen LogP contribution is 2.35. The highest BCUT2D eigenvalue weighted by molar-refractivity contribution is 7.71. The summed E-state index contributed by atoms with van der Waals surface area (Å²) in [5.41, 5.74) is 1.82. The van der Waals surface area contributed by atoms with E-state index in [9.17, 15) is 0 Å². The van der Waals surface area contributed by atoms with E-state index >= 15 is 0 Å². The first-order valence-electron chi connectivity index (χ1n) is 8.67. The van der Waals surface area contributed by atoms with Crippen molar-refractivity contribution in [2.24, 2.45) is 0 Å². The quantitative estimate of drug-likeness (QED) is 0.453. The maximum absolute atomic E-state index is 5.69. The molecule has 142 valence electrons. The molecule has 0 bridgehead atoms. The first-order valence-corrected chi connectivity index (χ1v) is 9.89. The van der Waals surface area contributed by atoms with Gasteiger partial charge in [-0.15, -0.1) is 16.4 Å². The molecule has 0 saturated heterocycles. The molecule has 28 heavy (non-hydrogen) atoms. The minimum absolute atomic E-state index is 0.229. The molecule has 2 aromatic carbocycles. The molecule has 1 aliphatic heterocycles. The predicted molar refractivity (Wildman–Crippen MR) is 108 cm³/mol. The van der Waals surface area contributed by atoms with Crippen molar-refractivity contribution in [3.8, 4) is 23.0 Å². The number of hydrogen-bond acceptors (Lipinski definition) is 8. The molecule has 0 unspecified atom stereocenters. The number of para-hydroxylation sites is 1. The van der Waals surface area contributed by atoms with Gasteiger partial charge in [-0.2, -0.15) is 0 Å². The highest BCUT2D eigenvalue weighted by Gasteiger charge is 2.17. The summed E-state index contributed by atoms with van der Waals surface area (Å²) < 4.78 is 19.3. The van der Waals surface area contributed by atoms with Crippen LogP contribution in [0.4, 0.5) is 0 Å². The monoisotopic (exact) mass is 412 g/mol. The van der Waals surface area contributed by atoms with Crippen LogP contribution in [0.15, 0.2) is 46.9 Å². The van der Waals surface area contributed by atoms with Crippen molar-refractivity contribution in [1.29, 1.82) is 0 Å². The van der Waals surface area contributed by atoms with Gasteiger partial charge in [0.2, 0.25) is 12.7 Å². The van der Waals surface area contributed by atoms with Gasteiger partial charge in [-0.1, -0.05) is 12.1 Å². The lowest BCUT2D eigenvalue weighted by molar-refractivity contribution is 0.174. The number of aromatic nitrogens is 3. The molecule has 9 heteroatoms. The van der Waals surface area contributed by atoms with Gasteiger partial charge in [0.1, 0.15) is 5.01 Å². The second-order valence-corrected chi connectivity index (χ2v) is 7.94. The predicted octanol–water partition coefficient (Wildman–Crippen LogP) is 4.30. The van der Waals surface area contributed by atoms with E-state index in [2.05, 4.69) is 21.0 Å². The Labute approximate surface area is 169 Å². The van der Waals surface area contributed by atoms with Crippen LogP contribution in [0, 0.1) is 4.84 Å². The number of fused-ring (bicyclic) bond motifs is 2. The summed E-state index contributed by atoms with van der Waals surface area (Å²) in [5.74, 6) is 1.86. The Balaban J connectivity index is 1.33. The Kier molecular flexibility index (Phi) is 4.34. The molecule has 0 saturated carbocycles. The molecule has 0 fully saturated rings. The zero-order valence-corrected chi connectivity index (χ0v) is 16.6. The molecule has 0 amide bonds. The average Bonchev–Trinajstić information content (AvgIpc) is 3.39. The summed E-state index contributed by atoms with van der Waals surface area (Å²) in [4.78, 5) is 7.09. The van der Waals surface area contributed by atoms with Crippen LogP contribution in [0.2, 0.25) is 0 Å². The molecule has 0 N–H and O–H groups in total. The molecule has 1 aliphatic rings. The van der Waals surface area contributed by atoms with Crippen LogP contribution in [0.25, 0.3) is 21.7 Å². The first kappa shape index (κ1) is 17.4. The van der Waals surface area contributed by atoms with E-state index < -0.39 is 0 Å². The largest absolute Gasteiger partial charge is 0.454 e. The SMILES string of the molecule is CN(Cc1nc2ccccc2s1)Cn1nc(-c2ccc3c(c2)OCO3)oc1=S. The summed E-state index contributed by atoms with van der Waals surface area (Å²) in [6, 6.07) is 13.7. The van der Waals surface area contributed by atoms with Gasteiger partial charge in [0.15, 0.2) is 11.5 Å². The van der Waals surface area contributed by atoms with Gasteiger partial charge in [0, 0.05) is 5.56 Å². The summed E-state index contributed by atoms with van der Waals surface area (Å²) in [6.45, 7) is 1.43. The Morgan fingerprint density at radius 1 is 1.18 bits per heavy atom. The summed E-state index contributed by atoms with van der Waals surface area (Å²) >= 11 is 7.04. The topological polar surface area (TPSA) is 65.6 Å². The second-order valence-electron chi connectivity index (χ2n) is 6.47. The number of nitrogens with zero attached hydrogens (tertiary/aromatic N) is 4. The van der Waals surface area contributed by atoms with Crippen LogP contribution < -0.4 is 9.47 Å². The third-order valence-electron chi connectivity index (χ3n) is 4.34. The van der Waals surface area contributed by atoms with Crippen molar-refractivity contribution in [2.45, 2.75) is 13.2 Å².